The lowest BCUT2D eigenvalue weighted by molar-refractivity contribution is 1.19. The van der Waals surface area contributed by atoms with Gasteiger partial charge in [0.15, 0.2) is 11.6 Å². The van der Waals surface area contributed by atoms with E-state index in [2.05, 4.69) is 35.9 Å². The number of nitrogens with zero attached hydrogens (tertiary/aromatic N) is 3. The van der Waals surface area contributed by atoms with Crippen LogP contribution in [0.3, 0.4) is 0 Å². The Bertz CT molecular complexity index is 463. The lowest BCUT2D eigenvalue weighted by Crippen LogP contribution is -1.82. The van der Waals surface area contributed by atoms with Crippen molar-refractivity contribution < 1.29 is 0 Å². The highest BCUT2D eigenvalue weighted by atomic mass is 79.9. The normalized spacial score (nSPS) is 9.85. The summed E-state index contributed by atoms with van der Waals surface area (Å²) in [5.41, 5.74) is 0.419. The van der Waals surface area contributed by atoms with E-state index in [9.17, 15) is 0 Å². The topological polar surface area (TPSA) is 81.2 Å². The number of imidazole rings is 2. The molecule has 0 aliphatic carbocycles. The maximum absolute atomic E-state index is 8.54. The molecule has 6 heteroatoms. The van der Waals surface area contributed by atoms with E-state index in [0.29, 0.717) is 17.3 Å². The molecule has 0 amide bonds. The van der Waals surface area contributed by atoms with Gasteiger partial charge in [-0.2, -0.15) is 5.26 Å². The number of nitrogens with one attached hydrogen (secondary N) is 2. The van der Waals surface area contributed by atoms with E-state index in [0.717, 1.165) is 4.60 Å². The maximum Gasteiger partial charge on any atom is 0.174 e. The van der Waals surface area contributed by atoms with E-state index in [1.807, 2.05) is 6.07 Å². The molecule has 0 atom stereocenters. The van der Waals surface area contributed by atoms with Crippen molar-refractivity contribution in [3.05, 3.63) is 22.7 Å². The number of aromatic nitrogens is 4. The molecule has 0 aliphatic rings. The van der Waals surface area contributed by atoms with Gasteiger partial charge in [0.2, 0.25) is 0 Å². The average Bonchev–Trinajstić information content (AvgIpc) is 2.71. The minimum Gasteiger partial charge on any atom is -0.330 e. The highest BCUT2D eigenvalue weighted by Gasteiger charge is 2.05. The van der Waals surface area contributed by atoms with Gasteiger partial charge in [0.05, 0.1) is 12.4 Å². The first kappa shape index (κ1) is 8.01. The average molecular weight is 238 g/mol. The van der Waals surface area contributed by atoms with Gasteiger partial charge in [-0.1, -0.05) is 0 Å². The fourth-order valence-corrected chi connectivity index (χ4v) is 1.21. The minimum absolute atomic E-state index is 0.419. The van der Waals surface area contributed by atoms with Crippen molar-refractivity contribution in [3.63, 3.8) is 0 Å². The molecule has 0 bridgehead atoms. The van der Waals surface area contributed by atoms with Crippen molar-refractivity contribution in [2.24, 2.45) is 0 Å². The van der Waals surface area contributed by atoms with Gasteiger partial charge in [-0.25, -0.2) is 9.97 Å². The Morgan fingerprint density at radius 3 is 2.46 bits per heavy atom. The lowest BCUT2D eigenvalue weighted by atomic mass is 10.5. The van der Waals surface area contributed by atoms with Gasteiger partial charge in [0.25, 0.3) is 0 Å². The Hall–Kier alpha value is -1.61. The van der Waals surface area contributed by atoms with Crippen LogP contribution in [-0.4, -0.2) is 19.9 Å². The Labute approximate surface area is 82.0 Å². The smallest absolute Gasteiger partial charge is 0.174 e. The van der Waals surface area contributed by atoms with Gasteiger partial charge in [0, 0.05) is 0 Å². The second-order valence-corrected chi connectivity index (χ2v) is 3.19. The SMILES string of the molecule is N#Cc1cnc(-c2ncc(Br)[nH]2)[nH]1. The van der Waals surface area contributed by atoms with Crippen LogP contribution in [0.1, 0.15) is 5.69 Å². The molecule has 0 aliphatic heterocycles. The first-order valence-electron chi connectivity index (χ1n) is 3.45. The van der Waals surface area contributed by atoms with Crippen LogP contribution in [0, 0.1) is 11.3 Å². The van der Waals surface area contributed by atoms with Crippen LogP contribution >= 0.6 is 15.9 Å². The molecule has 2 aromatic rings. The van der Waals surface area contributed by atoms with Crippen LogP contribution in [0.2, 0.25) is 0 Å². The van der Waals surface area contributed by atoms with Crippen LogP contribution in [0.4, 0.5) is 0 Å². The molecule has 2 N–H and O–H groups in total. The second-order valence-electron chi connectivity index (χ2n) is 2.34. The van der Waals surface area contributed by atoms with E-state index < -0.39 is 0 Å². The molecule has 0 saturated heterocycles. The first-order chi connectivity index (χ1) is 6.29. The second kappa shape index (κ2) is 3.03. The summed E-state index contributed by atoms with van der Waals surface area (Å²) in [7, 11) is 0. The fourth-order valence-electron chi connectivity index (χ4n) is 0.918. The lowest BCUT2D eigenvalue weighted by Gasteiger charge is -1.86. The van der Waals surface area contributed by atoms with E-state index in [1.165, 1.54) is 6.20 Å². The molecule has 0 saturated carbocycles. The molecule has 0 fully saturated rings. The predicted octanol–water partition coefficient (Wildman–Crippen LogP) is 1.43. The molecule has 13 heavy (non-hydrogen) atoms. The number of nitriles is 1. The molecular weight excluding hydrogens is 234 g/mol. The van der Waals surface area contributed by atoms with Crippen molar-refractivity contribution >= 4 is 15.9 Å². The highest BCUT2D eigenvalue weighted by molar-refractivity contribution is 9.10. The molecule has 2 aromatic heterocycles. The number of hydrogen-bond acceptors (Lipinski definition) is 3. The van der Waals surface area contributed by atoms with Crippen molar-refractivity contribution in [1.29, 1.82) is 5.26 Å². The van der Waals surface area contributed by atoms with Gasteiger partial charge in [-0.05, 0) is 15.9 Å². The number of rotatable bonds is 1. The van der Waals surface area contributed by atoms with Crippen LogP contribution < -0.4 is 0 Å². The third kappa shape index (κ3) is 1.46. The molecule has 2 rings (SSSR count). The molecule has 5 nitrogen and oxygen atoms in total. The first-order valence-corrected chi connectivity index (χ1v) is 4.25. The summed E-state index contributed by atoms with van der Waals surface area (Å²) in [6.07, 6.45) is 3.09. The summed E-state index contributed by atoms with van der Waals surface area (Å²) in [4.78, 5) is 13.7. The molecule has 0 radical (unpaired) electrons. The van der Waals surface area contributed by atoms with Gasteiger partial charge in [-0.15, -0.1) is 0 Å². The molecule has 0 aromatic carbocycles. The van der Waals surface area contributed by atoms with E-state index in [-0.39, 0.29) is 0 Å². The van der Waals surface area contributed by atoms with Crippen LogP contribution in [0.15, 0.2) is 17.0 Å². The molecule has 0 unspecified atom stereocenters. The van der Waals surface area contributed by atoms with Crippen LogP contribution in [-0.2, 0) is 0 Å². The number of halogens is 1. The van der Waals surface area contributed by atoms with Gasteiger partial charge in [0.1, 0.15) is 16.4 Å². The Balaban J connectivity index is 2.42. The molecule has 2 heterocycles. The summed E-state index contributed by atoms with van der Waals surface area (Å²) >= 11 is 3.23. The predicted molar refractivity (Wildman–Crippen MR) is 48.6 cm³/mol. The third-order valence-corrected chi connectivity index (χ3v) is 1.87. The summed E-state index contributed by atoms with van der Waals surface area (Å²) in [6, 6.07) is 1.95. The summed E-state index contributed by atoms with van der Waals surface area (Å²) in [5.74, 6) is 1.16. The number of aromatic amines is 2. The third-order valence-electron chi connectivity index (χ3n) is 1.47. The Kier molecular flexibility index (Phi) is 1.87. The summed E-state index contributed by atoms with van der Waals surface area (Å²) < 4.78 is 0.775. The Morgan fingerprint density at radius 1 is 1.23 bits per heavy atom. The molecular formula is C7H4BrN5. The van der Waals surface area contributed by atoms with Crippen molar-refractivity contribution in [2.75, 3.05) is 0 Å². The van der Waals surface area contributed by atoms with Crippen LogP contribution in [0.25, 0.3) is 11.6 Å². The standard InChI is InChI=1S/C7H4BrN5/c8-5-3-11-7(13-5)6-10-2-4(1-9)12-6/h2-3H,(H,10,12)(H,11,13). The zero-order chi connectivity index (χ0) is 9.26. The molecule has 0 spiro atoms. The van der Waals surface area contributed by atoms with Crippen molar-refractivity contribution in [2.45, 2.75) is 0 Å². The highest BCUT2D eigenvalue weighted by Crippen LogP contribution is 2.13. The maximum atomic E-state index is 8.54. The zero-order valence-electron chi connectivity index (χ0n) is 6.37. The van der Waals surface area contributed by atoms with Gasteiger partial charge < -0.3 is 9.97 Å². The summed E-state index contributed by atoms with van der Waals surface area (Å²) in [5, 5.41) is 8.54. The quantitative estimate of drug-likeness (QED) is 0.788. The van der Waals surface area contributed by atoms with Crippen molar-refractivity contribution in [1.82, 2.24) is 19.9 Å². The minimum atomic E-state index is 0.419. The molecule has 64 valence electrons. The van der Waals surface area contributed by atoms with Crippen LogP contribution in [0.5, 0.6) is 0 Å². The fraction of sp³-hybridized carbons (Fsp3) is 0. The largest absolute Gasteiger partial charge is 0.330 e. The number of hydrogen-bond donors (Lipinski definition) is 2. The monoisotopic (exact) mass is 237 g/mol. The van der Waals surface area contributed by atoms with E-state index >= 15 is 0 Å². The van der Waals surface area contributed by atoms with Gasteiger partial charge >= 0.3 is 0 Å². The van der Waals surface area contributed by atoms with E-state index in [4.69, 9.17) is 5.26 Å². The van der Waals surface area contributed by atoms with Gasteiger partial charge in [-0.3, -0.25) is 0 Å². The summed E-state index contributed by atoms with van der Waals surface area (Å²) in [6.45, 7) is 0. The zero-order valence-corrected chi connectivity index (χ0v) is 7.96. The Morgan fingerprint density at radius 2 is 1.92 bits per heavy atom. The van der Waals surface area contributed by atoms with E-state index in [1.54, 1.807) is 6.20 Å². The van der Waals surface area contributed by atoms with Crippen molar-refractivity contribution in [3.8, 4) is 17.7 Å². The number of H-pyrrole nitrogens is 2.